The summed E-state index contributed by atoms with van der Waals surface area (Å²) >= 11 is 0. The summed E-state index contributed by atoms with van der Waals surface area (Å²) in [4.78, 5) is 14.5. The molecule has 0 saturated heterocycles. The molecule has 5 heteroatoms. The first-order valence-electron chi connectivity index (χ1n) is 4.94. The molecular weight excluding hydrogens is 216 g/mol. The number of aromatic amines is 1. The van der Waals surface area contributed by atoms with Crippen molar-refractivity contribution in [1.82, 2.24) is 4.98 Å². The van der Waals surface area contributed by atoms with Gasteiger partial charge in [-0.15, -0.1) is 0 Å². The van der Waals surface area contributed by atoms with Crippen LogP contribution in [-0.4, -0.2) is 10.9 Å². The van der Waals surface area contributed by atoms with Gasteiger partial charge in [0.1, 0.15) is 5.69 Å². The Labute approximate surface area is 97.9 Å². The quantitative estimate of drug-likeness (QED) is 0.727. The number of nitrogens with zero attached hydrogens (tertiary/aromatic N) is 1. The first kappa shape index (κ1) is 10.8. The van der Waals surface area contributed by atoms with E-state index in [0.717, 1.165) is 0 Å². The van der Waals surface area contributed by atoms with Crippen LogP contribution in [0.4, 0.5) is 11.4 Å². The van der Waals surface area contributed by atoms with Crippen molar-refractivity contribution in [3.05, 3.63) is 47.8 Å². The number of carbonyl (C=O) groups is 1. The normalized spacial score (nSPS) is 9.59. The largest absolute Gasteiger partial charge is 0.397 e. The maximum absolute atomic E-state index is 11.7. The molecule has 0 atom stereocenters. The number of nitrogens with two attached hydrogens (primary N) is 1. The molecule has 1 aromatic carbocycles. The van der Waals surface area contributed by atoms with Gasteiger partial charge in [-0.25, -0.2) is 0 Å². The lowest BCUT2D eigenvalue weighted by Crippen LogP contribution is -2.12. The Balaban J connectivity index is 2.16. The second kappa shape index (κ2) is 4.41. The molecule has 0 fully saturated rings. The van der Waals surface area contributed by atoms with Crippen LogP contribution in [0.5, 0.6) is 0 Å². The van der Waals surface area contributed by atoms with E-state index in [1.54, 1.807) is 36.5 Å². The van der Waals surface area contributed by atoms with Crippen LogP contribution in [0.15, 0.2) is 36.5 Å². The smallest absolute Gasteiger partial charge is 0.272 e. The summed E-state index contributed by atoms with van der Waals surface area (Å²) in [6.45, 7) is 0. The van der Waals surface area contributed by atoms with E-state index in [-0.39, 0.29) is 5.91 Å². The fraction of sp³-hybridized carbons (Fsp3) is 0. The van der Waals surface area contributed by atoms with Gasteiger partial charge in [0.2, 0.25) is 0 Å². The van der Waals surface area contributed by atoms with E-state index in [9.17, 15) is 4.79 Å². The van der Waals surface area contributed by atoms with Crippen LogP contribution in [0.25, 0.3) is 0 Å². The molecule has 4 N–H and O–H groups in total. The molecule has 0 aliphatic heterocycles. The van der Waals surface area contributed by atoms with Crippen molar-refractivity contribution >= 4 is 17.3 Å². The van der Waals surface area contributed by atoms with Gasteiger partial charge in [0, 0.05) is 17.6 Å². The minimum atomic E-state index is -0.295. The van der Waals surface area contributed by atoms with Gasteiger partial charge in [0.25, 0.3) is 5.91 Å². The first-order valence-corrected chi connectivity index (χ1v) is 4.94. The van der Waals surface area contributed by atoms with Gasteiger partial charge >= 0.3 is 0 Å². The Morgan fingerprint density at radius 1 is 1.41 bits per heavy atom. The zero-order chi connectivity index (χ0) is 12.3. The van der Waals surface area contributed by atoms with Gasteiger partial charge in [-0.3, -0.25) is 4.79 Å². The number of nitrogens with one attached hydrogen (secondary N) is 2. The predicted octanol–water partition coefficient (Wildman–Crippen LogP) is 1.72. The van der Waals surface area contributed by atoms with E-state index in [0.29, 0.717) is 22.6 Å². The van der Waals surface area contributed by atoms with Crippen molar-refractivity contribution in [2.24, 2.45) is 0 Å². The van der Waals surface area contributed by atoms with Gasteiger partial charge in [0.15, 0.2) is 0 Å². The minimum Gasteiger partial charge on any atom is -0.397 e. The van der Waals surface area contributed by atoms with Gasteiger partial charge in [-0.05, 0) is 24.3 Å². The minimum absolute atomic E-state index is 0.295. The van der Waals surface area contributed by atoms with Gasteiger partial charge in [0.05, 0.1) is 11.6 Å². The lowest BCUT2D eigenvalue weighted by atomic mass is 10.2. The molecule has 1 amide bonds. The molecule has 5 nitrogen and oxygen atoms in total. The van der Waals surface area contributed by atoms with Crippen LogP contribution >= 0.6 is 0 Å². The summed E-state index contributed by atoms with van der Waals surface area (Å²) in [7, 11) is 0. The SMILES string of the molecule is N#Cc1cccc(NC(=O)c2cc(N)c[nH]2)c1. The predicted molar refractivity (Wildman–Crippen MR) is 64.3 cm³/mol. The summed E-state index contributed by atoms with van der Waals surface area (Å²) in [6, 6.07) is 10.2. The number of rotatable bonds is 2. The number of anilines is 2. The van der Waals surface area contributed by atoms with Crippen molar-refractivity contribution in [1.29, 1.82) is 5.26 Å². The molecule has 17 heavy (non-hydrogen) atoms. The number of hydrogen-bond donors (Lipinski definition) is 3. The number of nitriles is 1. The molecule has 0 saturated carbocycles. The molecule has 0 aliphatic carbocycles. The number of nitrogen functional groups attached to an aromatic ring is 1. The van der Waals surface area contributed by atoms with E-state index in [4.69, 9.17) is 11.0 Å². The van der Waals surface area contributed by atoms with E-state index in [2.05, 4.69) is 10.3 Å². The Bertz CT molecular complexity index is 595. The molecular formula is C12H10N4O. The van der Waals surface area contributed by atoms with Crippen LogP contribution in [0.3, 0.4) is 0 Å². The number of carbonyl (C=O) groups excluding carboxylic acids is 1. The molecule has 2 aromatic rings. The van der Waals surface area contributed by atoms with E-state index in [1.165, 1.54) is 0 Å². The van der Waals surface area contributed by atoms with Gasteiger partial charge < -0.3 is 16.0 Å². The van der Waals surface area contributed by atoms with E-state index < -0.39 is 0 Å². The molecule has 84 valence electrons. The van der Waals surface area contributed by atoms with Crippen LogP contribution < -0.4 is 11.1 Å². The van der Waals surface area contributed by atoms with Crippen LogP contribution in [0.1, 0.15) is 16.1 Å². The molecule has 0 aliphatic rings. The number of amides is 1. The third-order valence-electron chi connectivity index (χ3n) is 2.20. The average molecular weight is 226 g/mol. The standard InChI is InChI=1S/C12H10N4O/c13-6-8-2-1-3-10(4-8)16-12(17)11-5-9(14)7-15-11/h1-5,7,15H,14H2,(H,16,17). The molecule has 2 rings (SSSR count). The Hall–Kier alpha value is -2.74. The summed E-state index contributed by atoms with van der Waals surface area (Å²) in [5.74, 6) is -0.295. The zero-order valence-electron chi connectivity index (χ0n) is 8.90. The van der Waals surface area contributed by atoms with Crippen molar-refractivity contribution in [2.45, 2.75) is 0 Å². The lowest BCUT2D eigenvalue weighted by molar-refractivity contribution is 0.102. The molecule has 1 aromatic heterocycles. The molecule has 1 heterocycles. The van der Waals surface area contributed by atoms with E-state index >= 15 is 0 Å². The van der Waals surface area contributed by atoms with Crippen LogP contribution in [0.2, 0.25) is 0 Å². The Morgan fingerprint density at radius 2 is 2.24 bits per heavy atom. The van der Waals surface area contributed by atoms with Gasteiger partial charge in [-0.1, -0.05) is 6.07 Å². The Morgan fingerprint density at radius 3 is 2.88 bits per heavy atom. The van der Waals surface area contributed by atoms with Crippen LogP contribution in [-0.2, 0) is 0 Å². The fourth-order valence-corrected chi connectivity index (χ4v) is 1.41. The summed E-state index contributed by atoms with van der Waals surface area (Å²) < 4.78 is 0. The second-order valence-corrected chi connectivity index (χ2v) is 3.49. The Kier molecular flexibility index (Phi) is 2.79. The first-order chi connectivity index (χ1) is 8.19. The number of H-pyrrole nitrogens is 1. The highest BCUT2D eigenvalue weighted by atomic mass is 16.1. The highest BCUT2D eigenvalue weighted by Gasteiger charge is 2.07. The lowest BCUT2D eigenvalue weighted by Gasteiger charge is -2.03. The monoisotopic (exact) mass is 226 g/mol. The molecule has 0 unspecified atom stereocenters. The van der Waals surface area contributed by atoms with Crippen molar-refractivity contribution in [3.63, 3.8) is 0 Å². The summed E-state index contributed by atoms with van der Waals surface area (Å²) in [5.41, 5.74) is 7.45. The van der Waals surface area contributed by atoms with E-state index in [1.807, 2.05) is 6.07 Å². The van der Waals surface area contributed by atoms with Gasteiger partial charge in [-0.2, -0.15) is 5.26 Å². The third-order valence-corrected chi connectivity index (χ3v) is 2.20. The van der Waals surface area contributed by atoms with Crippen molar-refractivity contribution < 1.29 is 4.79 Å². The van der Waals surface area contributed by atoms with Crippen LogP contribution in [0, 0.1) is 11.3 Å². The maximum Gasteiger partial charge on any atom is 0.272 e. The summed E-state index contributed by atoms with van der Waals surface area (Å²) in [5, 5.41) is 11.4. The highest BCUT2D eigenvalue weighted by Crippen LogP contribution is 2.12. The third kappa shape index (κ3) is 2.44. The molecule has 0 radical (unpaired) electrons. The summed E-state index contributed by atoms with van der Waals surface area (Å²) in [6.07, 6.45) is 1.54. The second-order valence-electron chi connectivity index (χ2n) is 3.49. The topological polar surface area (TPSA) is 94.7 Å². The zero-order valence-corrected chi connectivity index (χ0v) is 8.90. The fourth-order valence-electron chi connectivity index (χ4n) is 1.41. The highest BCUT2D eigenvalue weighted by molar-refractivity contribution is 6.03. The maximum atomic E-state index is 11.7. The average Bonchev–Trinajstić information content (AvgIpc) is 2.76. The number of aromatic nitrogens is 1. The molecule has 0 spiro atoms. The number of benzene rings is 1. The van der Waals surface area contributed by atoms with Crippen molar-refractivity contribution in [2.75, 3.05) is 11.1 Å². The number of hydrogen-bond acceptors (Lipinski definition) is 3. The van der Waals surface area contributed by atoms with Crippen molar-refractivity contribution in [3.8, 4) is 6.07 Å². The molecule has 0 bridgehead atoms.